The van der Waals surface area contributed by atoms with Gasteiger partial charge in [-0.15, -0.1) is 11.3 Å². The molecule has 162 valence electrons. The second-order valence-electron chi connectivity index (χ2n) is 9.03. The van der Waals surface area contributed by atoms with Crippen molar-refractivity contribution in [3.63, 3.8) is 0 Å². The first-order valence-corrected chi connectivity index (χ1v) is 11.2. The summed E-state index contributed by atoms with van der Waals surface area (Å²) in [7, 11) is 2.11. The van der Waals surface area contributed by atoms with Gasteiger partial charge in [0.25, 0.3) is 0 Å². The quantitative estimate of drug-likeness (QED) is 0.787. The molecule has 1 aromatic carbocycles. The number of carbonyl (C=O) groups excluding carboxylic acids is 1. The topological polar surface area (TPSA) is 66.9 Å². The zero-order valence-electron chi connectivity index (χ0n) is 18.2. The van der Waals surface area contributed by atoms with Gasteiger partial charge in [-0.05, 0) is 24.7 Å². The fourth-order valence-corrected chi connectivity index (χ4v) is 4.94. The summed E-state index contributed by atoms with van der Waals surface area (Å²) in [5.41, 5.74) is 2.06. The number of likely N-dealkylation sites (N-methyl/N-ethyl adjacent to an activating group) is 1. The Morgan fingerprint density at radius 1 is 1.17 bits per heavy atom. The van der Waals surface area contributed by atoms with E-state index in [0.717, 1.165) is 60.2 Å². The number of hydrogen-bond donors (Lipinski definition) is 1. The van der Waals surface area contributed by atoms with Crippen molar-refractivity contribution >= 4 is 22.4 Å². The van der Waals surface area contributed by atoms with E-state index in [1.54, 1.807) is 11.3 Å². The minimum absolute atomic E-state index is 0.00314. The summed E-state index contributed by atoms with van der Waals surface area (Å²) >= 11 is 1.56. The Labute approximate surface area is 182 Å². The van der Waals surface area contributed by atoms with Crippen LogP contribution in [0.2, 0.25) is 0 Å². The van der Waals surface area contributed by atoms with Crippen LogP contribution in [0.25, 0.3) is 0 Å². The van der Waals surface area contributed by atoms with Gasteiger partial charge in [0.15, 0.2) is 16.6 Å². The molecule has 7 nitrogen and oxygen atoms in total. The molecule has 0 bridgehead atoms. The van der Waals surface area contributed by atoms with Crippen LogP contribution in [0, 0.1) is 0 Å². The zero-order valence-corrected chi connectivity index (χ0v) is 19.0. The lowest BCUT2D eigenvalue weighted by molar-refractivity contribution is -0.117. The highest BCUT2D eigenvalue weighted by Gasteiger charge is 2.25. The molecule has 1 amide bonds. The minimum atomic E-state index is -0.109. The van der Waals surface area contributed by atoms with E-state index < -0.39 is 0 Å². The van der Waals surface area contributed by atoms with Crippen LogP contribution >= 0.6 is 11.3 Å². The van der Waals surface area contributed by atoms with Crippen molar-refractivity contribution in [2.75, 3.05) is 51.9 Å². The van der Waals surface area contributed by atoms with Crippen LogP contribution in [0.5, 0.6) is 11.5 Å². The van der Waals surface area contributed by atoms with E-state index in [4.69, 9.17) is 14.5 Å². The molecule has 1 saturated heterocycles. The van der Waals surface area contributed by atoms with Crippen LogP contribution in [-0.2, 0) is 16.6 Å². The molecule has 4 rings (SSSR count). The first-order valence-electron chi connectivity index (χ1n) is 10.4. The molecule has 3 heterocycles. The first kappa shape index (κ1) is 21.1. The maximum atomic E-state index is 12.6. The number of thiazole rings is 1. The Kier molecular flexibility index (Phi) is 5.99. The number of nitrogens with zero attached hydrogens (tertiary/aromatic N) is 3. The summed E-state index contributed by atoms with van der Waals surface area (Å²) in [4.78, 5) is 23.0. The number of carbonyl (C=O) groups is 1. The van der Waals surface area contributed by atoms with E-state index in [0.29, 0.717) is 11.7 Å². The van der Waals surface area contributed by atoms with E-state index in [1.807, 2.05) is 12.1 Å². The lowest BCUT2D eigenvalue weighted by atomic mass is 9.90. The highest BCUT2D eigenvalue weighted by atomic mass is 32.1. The Morgan fingerprint density at radius 3 is 2.63 bits per heavy atom. The van der Waals surface area contributed by atoms with Crippen LogP contribution in [0.4, 0.5) is 5.13 Å². The molecule has 1 fully saturated rings. The molecule has 0 aliphatic carbocycles. The third-order valence-corrected chi connectivity index (χ3v) is 6.39. The second-order valence-corrected chi connectivity index (χ2v) is 10.1. The molecule has 0 spiro atoms. The number of ether oxygens (including phenoxy) is 2. The van der Waals surface area contributed by atoms with Gasteiger partial charge in [-0.2, -0.15) is 0 Å². The van der Waals surface area contributed by atoms with Gasteiger partial charge in [0.05, 0.1) is 12.2 Å². The van der Waals surface area contributed by atoms with E-state index in [1.165, 1.54) is 0 Å². The number of aromatic nitrogens is 1. The van der Waals surface area contributed by atoms with Gasteiger partial charge in [0, 0.05) is 42.9 Å². The number of hydrogen-bond acceptors (Lipinski definition) is 7. The summed E-state index contributed by atoms with van der Waals surface area (Å²) in [5.74, 6) is 1.58. The molecule has 2 aliphatic rings. The summed E-state index contributed by atoms with van der Waals surface area (Å²) in [6.45, 7) is 11.0. The molecule has 0 atom stereocenters. The van der Waals surface area contributed by atoms with E-state index >= 15 is 0 Å². The van der Waals surface area contributed by atoms with Crippen molar-refractivity contribution in [2.45, 2.75) is 32.6 Å². The van der Waals surface area contributed by atoms with Crippen molar-refractivity contribution in [1.29, 1.82) is 0 Å². The monoisotopic (exact) mass is 430 g/mol. The smallest absolute Gasteiger partial charge is 0.240 e. The van der Waals surface area contributed by atoms with Gasteiger partial charge >= 0.3 is 0 Å². The molecule has 0 radical (unpaired) electrons. The maximum absolute atomic E-state index is 12.6. The van der Waals surface area contributed by atoms with Crippen molar-refractivity contribution < 1.29 is 14.3 Å². The largest absolute Gasteiger partial charge is 0.454 e. The van der Waals surface area contributed by atoms with Crippen LogP contribution in [0.3, 0.4) is 0 Å². The Hall–Kier alpha value is -2.16. The van der Waals surface area contributed by atoms with Crippen molar-refractivity contribution in [2.24, 2.45) is 0 Å². The number of rotatable bonds is 5. The molecular formula is C22H30N4O3S. The summed E-state index contributed by atoms with van der Waals surface area (Å²) in [6, 6.07) is 6.04. The fourth-order valence-electron chi connectivity index (χ4n) is 3.72. The minimum Gasteiger partial charge on any atom is -0.454 e. The molecule has 0 unspecified atom stereocenters. The van der Waals surface area contributed by atoms with Gasteiger partial charge in [-0.1, -0.05) is 26.8 Å². The number of piperazine rings is 1. The van der Waals surface area contributed by atoms with E-state index in [9.17, 15) is 4.79 Å². The Morgan fingerprint density at radius 2 is 1.90 bits per heavy atom. The van der Waals surface area contributed by atoms with Gasteiger partial charge in [-0.25, -0.2) is 4.98 Å². The van der Waals surface area contributed by atoms with E-state index in [2.05, 4.69) is 49.0 Å². The van der Waals surface area contributed by atoms with Gasteiger partial charge < -0.3 is 19.7 Å². The van der Waals surface area contributed by atoms with Crippen molar-refractivity contribution in [3.05, 3.63) is 34.3 Å². The molecule has 1 N–H and O–H groups in total. The SMILES string of the molecule is CN1CCN(CC(=O)Nc2nc(C(C)(C)C)c(Cc3ccc4c(c3)OCO4)s2)CC1. The summed E-state index contributed by atoms with van der Waals surface area (Å²) in [5, 5.41) is 3.71. The lowest BCUT2D eigenvalue weighted by Gasteiger charge is -2.31. The standard InChI is InChI=1S/C22H30N4O3S/c1-22(2,3)20-18(12-15-5-6-16-17(11-15)29-14-28-16)30-21(24-20)23-19(27)13-26-9-7-25(4)8-10-26/h5-6,11H,7-10,12-14H2,1-4H3,(H,23,24,27). The highest BCUT2D eigenvalue weighted by Crippen LogP contribution is 2.37. The predicted molar refractivity (Wildman–Crippen MR) is 119 cm³/mol. The lowest BCUT2D eigenvalue weighted by Crippen LogP contribution is -2.47. The van der Waals surface area contributed by atoms with E-state index in [-0.39, 0.29) is 18.1 Å². The van der Waals surface area contributed by atoms with Gasteiger partial charge in [-0.3, -0.25) is 9.69 Å². The number of nitrogens with one attached hydrogen (secondary N) is 1. The Balaban J connectivity index is 1.47. The Bertz CT molecular complexity index is 914. The average Bonchev–Trinajstić information content (AvgIpc) is 3.30. The second kappa shape index (κ2) is 8.53. The predicted octanol–water partition coefficient (Wildman–Crippen LogP) is 2.95. The average molecular weight is 431 g/mol. The van der Waals surface area contributed by atoms with Crippen molar-refractivity contribution in [1.82, 2.24) is 14.8 Å². The normalized spacial score (nSPS) is 17.3. The number of anilines is 1. The molecule has 30 heavy (non-hydrogen) atoms. The molecule has 1 aromatic heterocycles. The first-order chi connectivity index (χ1) is 14.3. The number of amides is 1. The van der Waals surface area contributed by atoms with Crippen molar-refractivity contribution in [3.8, 4) is 11.5 Å². The molecule has 0 saturated carbocycles. The number of benzene rings is 1. The fraction of sp³-hybridized carbons (Fsp3) is 0.545. The third-order valence-electron chi connectivity index (χ3n) is 5.42. The zero-order chi connectivity index (χ0) is 21.3. The summed E-state index contributed by atoms with van der Waals surface area (Å²) < 4.78 is 10.9. The molecule has 2 aliphatic heterocycles. The van der Waals surface area contributed by atoms with Gasteiger partial charge in [0.2, 0.25) is 12.7 Å². The van der Waals surface area contributed by atoms with Crippen LogP contribution in [0.15, 0.2) is 18.2 Å². The third kappa shape index (κ3) is 4.94. The molecule has 2 aromatic rings. The van der Waals surface area contributed by atoms with Crippen LogP contribution < -0.4 is 14.8 Å². The van der Waals surface area contributed by atoms with Crippen LogP contribution in [-0.4, -0.2) is 67.3 Å². The number of fused-ring (bicyclic) bond motifs is 1. The van der Waals surface area contributed by atoms with Crippen LogP contribution in [0.1, 0.15) is 36.9 Å². The maximum Gasteiger partial charge on any atom is 0.240 e. The molecule has 8 heteroatoms. The summed E-state index contributed by atoms with van der Waals surface area (Å²) in [6.07, 6.45) is 0.745. The van der Waals surface area contributed by atoms with Gasteiger partial charge in [0.1, 0.15) is 0 Å². The molecular weight excluding hydrogens is 400 g/mol. The highest BCUT2D eigenvalue weighted by molar-refractivity contribution is 7.15.